The van der Waals surface area contributed by atoms with Gasteiger partial charge < -0.3 is 15.8 Å². The summed E-state index contributed by atoms with van der Waals surface area (Å²) in [4.78, 5) is 12.2. The lowest BCUT2D eigenvalue weighted by Crippen LogP contribution is -2.59. The molecule has 18 heavy (non-hydrogen) atoms. The van der Waals surface area contributed by atoms with Crippen molar-refractivity contribution in [3.8, 4) is 0 Å². The lowest BCUT2D eigenvalue weighted by molar-refractivity contribution is -0.130. The summed E-state index contributed by atoms with van der Waals surface area (Å²) in [7, 11) is 0. The molecule has 0 spiro atoms. The zero-order valence-corrected chi connectivity index (χ0v) is 11.9. The first-order valence-corrected chi connectivity index (χ1v) is 6.79. The summed E-state index contributed by atoms with van der Waals surface area (Å²) in [6, 6.07) is 0.258. The Bertz CT molecular complexity index is 274. The van der Waals surface area contributed by atoms with Gasteiger partial charge in [-0.1, -0.05) is 12.8 Å². The van der Waals surface area contributed by atoms with Crippen LogP contribution in [0.3, 0.4) is 0 Å². The number of halogens is 1. The largest absolute Gasteiger partial charge is 0.381 e. The molecule has 1 aliphatic heterocycles. The molecule has 1 unspecified atom stereocenters. The zero-order chi connectivity index (χ0) is 12.3. The molecular weight excluding hydrogens is 252 g/mol. The van der Waals surface area contributed by atoms with Crippen LogP contribution in [0.25, 0.3) is 0 Å². The van der Waals surface area contributed by atoms with Crippen molar-refractivity contribution in [2.24, 2.45) is 11.7 Å². The molecule has 0 aromatic rings. The fourth-order valence-electron chi connectivity index (χ4n) is 2.89. The minimum absolute atomic E-state index is 0. The molecule has 1 saturated carbocycles. The van der Waals surface area contributed by atoms with E-state index in [0.29, 0.717) is 32.0 Å². The Labute approximate surface area is 115 Å². The molecule has 0 aromatic heterocycles. The van der Waals surface area contributed by atoms with E-state index in [-0.39, 0.29) is 24.4 Å². The van der Waals surface area contributed by atoms with Gasteiger partial charge in [0.05, 0.1) is 5.54 Å². The molecule has 0 radical (unpaired) electrons. The van der Waals surface area contributed by atoms with E-state index in [4.69, 9.17) is 10.5 Å². The van der Waals surface area contributed by atoms with Gasteiger partial charge in [-0.25, -0.2) is 0 Å². The van der Waals surface area contributed by atoms with Crippen molar-refractivity contribution < 1.29 is 9.53 Å². The first kappa shape index (κ1) is 15.7. The summed E-state index contributed by atoms with van der Waals surface area (Å²) in [5.74, 6) is 0.655. The van der Waals surface area contributed by atoms with E-state index in [1.54, 1.807) is 0 Å². The second-order valence-electron chi connectivity index (χ2n) is 5.58. The van der Waals surface area contributed by atoms with Gasteiger partial charge in [-0.3, -0.25) is 4.79 Å². The molecule has 2 fully saturated rings. The minimum Gasteiger partial charge on any atom is -0.381 e. The van der Waals surface area contributed by atoms with Crippen LogP contribution in [0.1, 0.15) is 45.4 Å². The van der Waals surface area contributed by atoms with E-state index < -0.39 is 5.54 Å². The number of nitrogens with one attached hydrogen (secondary N) is 1. The van der Waals surface area contributed by atoms with E-state index in [0.717, 1.165) is 0 Å². The third-order valence-corrected chi connectivity index (χ3v) is 4.30. The Kier molecular flexibility index (Phi) is 5.89. The van der Waals surface area contributed by atoms with Gasteiger partial charge in [-0.05, 0) is 38.5 Å². The number of ether oxygens (including phenoxy) is 1. The summed E-state index contributed by atoms with van der Waals surface area (Å²) in [5, 5.41) is 3.11. The maximum atomic E-state index is 12.2. The van der Waals surface area contributed by atoms with Crippen molar-refractivity contribution in [1.82, 2.24) is 5.32 Å². The molecule has 3 N–H and O–H groups in total. The van der Waals surface area contributed by atoms with Crippen molar-refractivity contribution >= 4 is 18.3 Å². The van der Waals surface area contributed by atoms with E-state index in [1.165, 1.54) is 25.7 Å². The molecule has 0 aromatic carbocycles. The standard InChI is InChI=1S/C13H24N2O2.ClH/c1-10(11-4-2-3-5-11)15-12(16)13(14)6-8-17-9-7-13;/h10-11H,2-9,14H2,1H3,(H,15,16);1H. The van der Waals surface area contributed by atoms with Gasteiger partial charge in [0.1, 0.15) is 0 Å². The molecule has 2 rings (SSSR count). The van der Waals surface area contributed by atoms with Crippen LogP contribution in [-0.2, 0) is 9.53 Å². The lowest BCUT2D eigenvalue weighted by Gasteiger charge is -2.34. The lowest BCUT2D eigenvalue weighted by atomic mass is 9.89. The van der Waals surface area contributed by atoms with E-state index in [9.17, 15) is 4.79 Å². The smallest absolute Gasteiger partial charge is 0.240 e. The second-order valence-corrected chi connectivity index (χ2v) is 5.58. The van der Waals surface area contributed by atoms with Gasteiger partial charge in [0.2, 0.25) is 5.91 Å². The number of amides is 1. The summed E-state index contributed by atoms with van der Waals surface area (Å²) in [6.45, 7) is 3.31. The number of rotatable bonds is 3. The number of hydrogen-bond donors (Lipinski definition) is 2. The Morgan fingerprint density at radius 1 is 1.33 bits per heavy atom. The van der Waals surface area contributed by atoms with E-state index >= 15 is 0 Å². The highest BCUT2D eigenvalue weighted by Gasteiger charge is 2.37. The summed E-state index contributed by atoms with van der Waals surface area (Å²) in [6.07, 6.45) is 6.34. The Morgan fingerprint density at radius 2 is 1.89 bits per heavy atom. The quantitative estimate of drug-likeness (QED) is 0.823. The van der Waals surface area contributed by atoms with Crippen LogP contribution >= 0.6 is 12.4 Å². The average molecular weight is 277 g/mol. The molecule has 106 valence electrons. The summed E-state index contributed by atoms with van der Waals surface area (Å²) < 4.78 is 5.26. The third-order valence-electron chi connectivity index (χ3n) is 4.30. The monoisotopic (exact) mass is 276 g/mol. The second kappa shape index (κ2) is 6.73. The average Bonchev–Trinajstić information content (AvgIpc) is 2.83. The third kappa shape index (κ3) is 3.59. The molecule has 2 aliphatic rings. The predicted molar refractivity (Wildman–Crippen MR) is 73.8 cm³/mol. The number of carbonyl (C=O) groups excluding carboxylic acids is 1. The zero-order valence-electron chi connectivity index (χ0n) is 11.1. The van der Waals surface area contributed by atoms with Crippen molar-refractivity contribution in [3.63, 3.8) is 0 Å². The highest BCUT2D eigenvalue weighted by molar-refractivity contribution is 5.86. The fourth-order valence-corrected chi connectivity index (χ4v) is 2.89. The van der Waals surface area contributed by atoms with Crippen LogP contribution in [0.2, 0.25) is 0 Å². The van der Waals surface area contributed by atoms with Gasteiger partial charge in [0.15, 0.2) is 0 Å². The van der Waals surface area contributed by atoms with Crippen LogP contribution in [0.4, 0.5) is 0 Å². The molecule has 0 bridgehead atoms. The van der Waals surface area contributed by atoms with Crippen LogP contribution < -0.4 is 11.1 Å². The maximum Gasteiger partial charge on any atom is 0.240 e. The van der Waals surface area contributed by atoms with Gasteiger partial charge in [-0.2, -0.15) is 0 Å². The predicted octanol–water partition coefficient (Wildman–Crippen LogP) is 1.61. The molecule has 1 saturated heterocycles. The van der Waals surface area contributed by atoms with Crippen LogP contribution in [0.15, 0.2) is 0 Å². The fraction of sp³-hybridized carbons (Fsp3) is 0.923. The summed E-state index contributed by atoms with van der Waals surface area (Å²) in [5.41, 5.74) is 5.45. The van der Waals surface area contributed by atoms with Gasteiger partial charge in [0, 0.05) is 19.3 Å². The first-order chi connectivity index (χ1) is 8.12. The van der Waals surface area contributed by atoms with Gasteiger partial charge in [-0.15, -0.1) is 12.4 Å². The SMILES string of the molecule is CC(NC(=O)C1(N)CCOCC1)C1CCCC1.Cl. The van der Waals surface area contributed by atoms with Gasteiger partial charge in [0.25, 0.3) is 0 Å². The Hall–Kier alpha value is -0.320. The van der Waals surface area contributed by atoms with Crippen LogP contribution in [-0.4, -0.2) is 30.7 Å². The molecule has 1 atom stereocenters. The molecular formula is C13H25ClN2O2. The minimum atomic E-state index is -0.703. The molecule has 1 heterocycles. The number of hydrogen-bond acceptors (Lipinski definition) is 3. The topological polar surface area (TPSA) is 64.4 Å². The Balaban J connectivity index is 0.00000162. The molecule has 1 aliphatic carbocycles. The normalized spacial score (nSPS) is 25.2. The number of nitrogens with two attached hydrogens (primary N) is 1. The Morgan fingerprint density at radius 3 is 2.44 bits per heavy atom. The molecule has 5 heteroatoms. The van der Waals surface area contributed by atoms with Gasteiger partial charge >= 0.3 is 0 Å². The van der Waals surface area contributed by atoms with Crippen molar-refractivity contribution in [1.29, 1.82) is 0 Å². The highest BCUT2D eigenvalue weighted by atomic mass is 35.5. The van der Waals surface area contributed by atoms with E-state index in [1.807, 2.05) is 0 Å². The first-order valence-electron chi connectivity index (χ1n) is 6.79. The number of carbonyl (C=O) groups is 1. The van der Waals surface area contributed by atoms with Crippen LogP contribution in [0, 0.1) is 5.92 Å². The van der Waals surface area contributed by atoms with E-state index in [2.05, 4.69) is 12.2 Å². The highest BCUT2D eigenvalue weighted by Crippen LogP contribution is 2.28. The molecule has 1 amide bonds. The van der Waals surface area contributed by atoms with Crippen molar-refractivity contribution in [2.75, 3.05) is 13.2 Å². The van der Waals surface area contributed by atoms with Crippen molar-refractivity contribution in [2.45, 2.75) is 57.0 Å². The van der Waals surface area contributed by atoms with Crippen LogP contribution in [0.5, 0.6) is 0 Å². The summed E-state index contributed by atoms with van der Waals surface area (Å²) >= 11 is 0. The maximum absolute atomic E-state index is 12.2. The van der Waals surface area contributed by atoms with Crippen molar-refractivity contribution in [3.05, 3.63) is 0 Å². The molecule has 4 nitrogen and oxygen atoms in total.